The highest BCUT2D eigenvalue weighted by Gasteiger charge is 2.07. The van der Waals surface area contributed by atoms with Crippen LogP contribution in [-0.4, -0.2) is 0 Å². The van der Waals surface area contributed by atoms with E-state index in [0.717, 1.165) is 10.0 Å². The van der Waals surface area contributed by atoms with Crippen molar-refractivity contribution in [3.05, 3.63) is 69.4 Å². The molecular formula is C16H14BrFN2. The van der Waals surface area contributed by atoms with Crippen molar-refractivity contribution >= 4 is 15.9 Å². The maximum absolute atomic E-state index is 13.2. The average molecular weight is 333 g/mol. The lowest BCUT2D eigenvalue weighted by molar-refractivity contribution is 0.572. The summed E-state index contributed by atoms with van der Waals surface area (Å²) in [5.74, 6) is -0.476. The molecule has 0 saturated carbocycles. The van der Waals surface area contributed by atoms with Crippen LogP contribution < -0.4 is 5.32 Å². The number of hydrogen-bond acceptors (Lipinski definition) is 2. The molecule has 0 spiro atoms. The van der Waals surface area contributed by atoms with Gasteiger partial charge < -0.3 is 5.32 Å². The zero-order chi connectivity index (χ0) is 14.5. The summed E-state index contributed by atoms with van der Waals surface area (Å²) in [6, 6.07) is 14.7. The number of rotatable bonds is 4. The van der Waals surface area contributed by atoms with E-state index in [2.05, 4.69) is 34.2 Å². The second kappa shape index (κ2) is 6.65. The average Bonchev–Trinajstić information content (AvgIpc) is 2.46. The van der Waals surface area contributed by atoms with Gasteiger partial charge in [-0.3, -0.25) is 0 Å². The van der Waals surface area contributed by atoms with Crippen molar-refractivity contribution in [1.82, 2.24) is 5.32 Å². The van der Waals surface area contributed by atoms with Gasteiger partial charge in [0.05, 0.1) is 5.56 Å². The van der Waals surface area contributed by atoms with E-state index in [0.29, 0.717) is 6.54 Å². The van der Waals surface area contributed by atoms with Crippen LogP contribution in [0.25, 0.3) is 0 Å². The Morgan fingerprint density at radius 1 is 1.30 bits per heavy atom. The van der Waals surface area contributed by atoms with E-state index in [4.69, 9.17) is 5.26 Å². The molecule has 2 nitrogen and oxygen atoms in total. The molecule has 20 heavy (non-hydrogen) atoms. The van der Waals surface area contributed by atoms with Gasteiger partial charge in [0, 0.05) is 17.1 Å². The molecule has 4 heteroatoms. The molecule has 0 bridgehead atoms. The highest BCUT2D eigenvalue weighted by atomic mass is 79.9. The van der Waals surface area contributed by atoms with Crippen LogP contribution in [0.2, 0.25) is 0 Å². The Kier molecular flexibility index (Phi) is 4.89. The van der Waals surface area contributed by atoms with Crippen molar-refractivity contribution < 1.29 is 4.39 Å². The smallest absolute Gasteiger partial charge is 0.140 e. The van der Waals surface area contributed by atoms with Crippen LogP contribution in [-0.2, 0) is 6.54 Å². The van der Waals surface area contributed by atoms with Gasteiger partial charge in [-0.2, -0.15) is 5.26 Å². The molecule has 2 aromatic rings. The quantitative estimate of drug-likeness (QED) is 0.905. The summed E-state index contributed by atoms with van der Waals surface area (Å²) in [5.41, 5.74) is 2.14. The van der Waals surface area contributed by atoms with Gasteiger partial charge in [0.25, 0.3) is 0 Å². The second-order valence-corrected chi connectivity index (χ2v) is 5.50. The number of halogens is 2. The van der Waals surface area contributed by atoms with Gasteiger partial charge in [-0.15, -0.1) is 0 Å². The summed E-state index contributed by atoms with van der Waals surface area (Å²) >= 11 is 3.45. The number of nitriles is 1. The molecule has 0 radical (unpaired) electrons. The Bertz CT molecular complexity index is 649. The maximum atomic E-state index is 13.2. The molecule has 0 amide bonds. The van der Waals surface area contributed by atoms with Crippen molar-refractivity contribution in [2.75, 3.05) is 0 Å². The van der Waals surface area contributed by atoms with E-state index in [9.17, 15) is 4.39 Å². The summed E-state index contributed by atoms with van der Waals surface area (Å²) in [5, 5.41) is 12.2. The first-order chi connectivity index (χ1) is 9.60. The standard InChI is InChI=1S/C16H14BrFN2/c1-11(13-3-2-4-15(17)8-13)20-10-12-5-6-16(18)14(7-12)9-19/h2-8,11,20H,10H2,1H3/t11-/m0/s1. The predicted octanol–water partition coefficient (Wildman–Crippen LogP) is 4.31. The van der Waals surface area contributed by atoms with Gasteiger partial charge in [-0.05, 0) is 42.3 Å². The molecule has 0 aliphatic rings. The highest BCUT2D eigenvalue weighted by Crippen LogP contribution is 2.18. The minimum Gasteiger partial charge on any atom is -0.306 e. The molecule has 1 atom stereocenters. The lowest BCUT2D eigenvalue weighted by Crippen LogP contribution is -2.18. The van der Waals surface area contributed by atoms with E-state index in [1.54, 1.807) is 12.1 Å². The van der Waals surface area contributed by atoms with Crippen LogP contribution in [0.5, 0.6) is 0 Å². The van der Waals surface area contributed by atoms with E-state index in [-0.39, 0.29) is 11.6 Å². The SMILES string of the molecule is C[C@H](NCc1ccc(F)c(C#N)c1)c1cccc(Br)c1. The summed E-state index contributed by atoms with van der Waals surface area (Å²) in [6.07, 6.45) is 0. The Labute approximate surface area is 126 Å². The van der Waals surface area contributed by atoms with Crippen molar-refractivity contribution in [3.63, 3.8) is 0 Å². The van der Waals surface area contributed by atoms with Gasteiger partial charge in [-0.25, -0.2) is 4.39 Å². The van der Waals surface area contributed by atoms with Gasteiger partial charge in [0.2, 0.25) is 0 Å². The molecule has 0 unspecified atom stereocenters. The monoisotopic (exact) mass is 332 g/mol. The highest BCUT2D eigenvalue weighted by molar-refractivity contribution is 9.10. The normalized spacial score (nSPS) is 11.9. The first kappa shape index (κ1) is 14.7. The molecule has 0 aliphatic carbocycles. The fourth-order valence-corrected chi connectivity index (χ4v) is 2.35. The third kappa shape index (κ3) is 3.66. The molecule has 0 saturated heterocycles. The van der Waals surface area contributed by atoms with Crippen LogP contribution >= 0.6 is 15.9 Å². The minimum absolute atomic E-state index is 0.0828. The maximum Gasteiger partial charge on any atom is 0.140 e. The molecular weight excluding hydrogens is 319 g/mol. The van der Waals surface area contributed by atoms with Crippen LogP contribution in [0.15, 0.2) is 46.9 Å². The first-order valence-corrected chi connectivity index (χ1v) is 7.07. The zero-order valence-electron chi connectivity index (χ0n) is 11.0. The Balaban J connectivity index is 2.04. The van der Waals surface area contributed by atoms with Crippen LogP contribution in [0, 0.1) is 17.1 Å². The van der Waals surface area contributed by atoms with Crippen LogP contribution in [0.1, 0.15) is 29.7 Å². The summed E-state index contributed by atoms with van der Waals surface area (Å²) < 4.78 is 14.3. The molecule has 1 N–H and O–H groups in total. The molecule has 102 valence electrons. The molecule has 0 heterocycles. The van der Waals surface area contributed by atoms with E-state index >= 15 is 0 Å². The largest absolute Gasteiger partial charge is 0.306 e. The van der Waals surface area contributed by atoms with Crippen molar-refractivity contribution in [3.8, 4) is 6.07 Å². The zero-order valence-corrected chi connectivity index (χ0v) is 12.6. The Morgan fingerprint density at radius 2 is 2.10 bits per heavy atom. The van der Waals surface area contributed by atoms with Crippen molar-refractivity contribution in [2.45, 2.75) is 19.5 Å². The van der Waals surface area contributed by atoms with E-state index in [1.165, 1.54) is 11.6 Å². The summed E-state index contributed by atoms with van der Waals surface area (Å²) in [4.78, 5) is 0. The lowest BCUT2D eigenvalue weighted by Gasteiger charge is -2.15. The third-order valence-electron chi connectivity index (χ3n) is 3.11. The van der Waals surface area contributed by atoms with E-state index in [1.807, 2.05) is 24.3 Å². The Hall–Kier alpha value is -1.70. The third-order valence-corrected chi connectivity index (χ3v) is 3.61. The number of benzene rings is 2. The molecule has 2 rings (SSSR count). The number of hydrogen-bond donors (Lipinski definition) is 1. The molecule has 0 aromatic heterocycles. The van der Waals surface area contributed by atoms with Crippen LogP contribution in [0.3, 0.4) is 0 Å². The van der Waals surface area contributed by atoms with E-state index < -0.39 is 5.82 Å². The first-order valence-electron chi connectivity index (χ1n) is 6.27. The molecule has 0 aliphatic heterocycles. The van der Waals surface area contributed by atoms with Gasteiger partial charge in [-0.1, -0.05) is 34.1 Å². The van der Waals surface area contributed by atoms with Crippen LogP contribution in [0.4, 0.5) is 4.39 Å². The number of nitrogens with one attached hydrogen (secondary N) is 1. The minimum atomic E-state index is -0.476. The summed E-state index contributed by atoms with van der Waals surface area (Å²) in [6.45, 7) is 2.65. The van der Waals surface area contributed by atoms with Gasteiger partial charge >= 0.3 is 0 Å². The molecule has 0 fully saturated rings. The lowest BCUT2D eigenvalue weighted by atomic mass is 10.1. The van der Waals surface area contributed by atoms with Crippen molar-refractivity contribution in [2.24, 2.45) is 0 Å². The Morgan fingerprint density at radius 3 is 2.80 bits per heavy atom. The fraction of sp³-hybridized carbons (Fsp3) is 0.188. The predicted molar refractivity (Wildman–Crippen MR) is 80.5 cm³/mol. The number of nitrogens with zero attached hydrogens (tertiary/aromatic N) is 1. The molecule has 2 aromatic carbocycles. The fourth-order valence-electron chi connectivity index (χ4n) is 1.93. The van der Waals surface area contributed by atoms with Crippen molar-refractivity contribution in [1.29, 1.82) is 5.26 Å². The van der Waals surface area contributed by atoms with Gasteiger partial charge in [0.15, 0.2) is 0 Å². The summed E-state index contributed by atoms with van der Waals surface area (Å²) in [7, 11) is 0. The second-order valence-electron chi connectivity index (χ2n) is 4.58. The van der Waals surface area contributed by atoms with Gasteiger partial charge in [0.1, 0.15) is 11.9 Å². The topological polar surface area (TPSA) is 35.8 Å².